The molecular weight excluding hydrogens is 472 g/mol. The molecule has 0 aliphatic carbocycles. The van der Waals surface area contributed by atoms with Gasteiger partial charge in [-0.05, 0) is 49.9 Å². The fraction of sp³-hybridized carbons (Fsp3) is 0.429. The van der Waals surface area contributed by atoms with Gasteiger partial charge in [-0.25, -0.2) is 4.98 Å². The molecule has 3 aromatic rings. The smallest absolute Gasteiger partial charge is 0.287 e. The summed E-state index contributed by atoms with van der Waals surface area (Å²) >= 11 is 0. The van der Waals surface area contributed by atoms with Crippen molar-refractivity contribution in [2.45, 2.75) is 50.9 Å². The molecule has 0 radical (unpaired) electrons. The van der Waals surface area contributed by atoms with Crippen LogP contribution >= 0.6 is 12.4 Å². The molecule has 0 bridgehead atoms. The molecule has 1 amide bonds. The van der Waals surface area contributed by atoms with Gasteiger partial charge in [-0.3, -0.25) is 14.6 Å². The third kappa shape index (κ3) is 9.06. The van der Waals surface area contributed by atoms with Crippen molar-refractivity contribution in [1.29, 1.82) is 0 Å². The summed E-state index contributed by atoms with van der Waals surface area (Å²) in [6, 6.07) is 21.6. The highest BCUT2D eigenvalue weighted by molar-refractivity contribution is 5.90. The summed E-state index contributed by atoms with van der Waals surface area (Å²) in [5.74, 6) is 0.266. The standard InChI is InChI=1S/C16H20N4O.C12H18N2.ClH/c21-16(15-17-8-9-18-15)19-14-7-4-10-20(12-14)11-13-5-2-1-3-6-13;13-12-7-4-8-14(10-12)9-11-5-2-1-3-6-11;/h1-3,5-6,8-9,14H,4,7,10-12H2,(H,17,18)(H,19,21);1-3,5-6,12H,4,7-10,13H2;1H/t14-;12-;/m11./s1. The highest BCUT2D eigenvalue weighted by Crippen LogP contribution is 2.14. The van der Waals surface area contributed by atoms with Crippen LogP contribution in [-0.2, 0) is 13.1 Å². The van der Waals surface area contributed by atoms with E-state index in [1.165, 1.54) is 30.5 Å². The average Bonchev–Trinajstić information content (AvgIpc) is 3.42. The Labute approximate surface area is 220 Å². The lowest BCUT2D eigenvalue weighted by molar-refractivity contribution is 0.0891. The Bertz CT molecular complexity index is 1000. The number of halogens is 1. The fourth-order valence-electron chi connectivity index (χ4n) is 4.88. The summed E-state index contributed by atoms with van der Waals surface area (Å²) in [5.41, 5.74) is 8.64. The van der Waals surface area contributed by atoms with E-state index in [1.54, 1.807) is 12.4 Å². The Balaban J connectivity index is 0.000000210. The SMILES string of the molecule is Cl.N[C@@H]1CCCN(Cc2ccccc2)C1.O=C(N[C@@H]1CCCN(Cc2ccccc2)C1)c1ncc[nH]1. The van der Waals surface area contributed by atoms with E-state index >= 15 is 0 Å². The van der Waals surface area contributed by atoms with E-state index in [4.69, 9.17) is 5.73 Å². The molecule has 3 heterocycles. The quantitative estimate of drug-likeness (QED) is 0.469. The first-order chi connectivity index (χ1) is 17.2. The van der Waals surface area contributed by atoms with Gasteiger partial charge in [-0.15, -0.1) is 12.4 Å². The summed E-state index contributed by atoms with van der Waals surface area (Å²) < 4.78 is 0. The third-order valence-electron chi connectivity index (χ3n) is 6.59. The van der Waals surface area contributed by atoms with Crippen molar-refractivity contribution in [3.05, 3.63) is 90.0 Å². The summed E-state index contributed by atoms with van der Waals surface area (Å²) in [6.45, 7) is 6.21. The molecule has 7 nitrogen and oxygen atoms in total. The molecule has 4 N–H and O–H groups in total. The molecule has 0 unspecified atom stereocenters. The first-order valence-corrected chi connectivity index (χ1v) is 12.7. The van der Waals surface area contributed by atoms with E-state index in [-0.39, 0.29) is 24.4 Å². The highest BCUT2D eigenvalue weighted by Gasteiger charge is 2.22. The van der Waals surface area contributed by atoms with Crippen molar-refractivity contribution in [3.8, 4) is 0 Å². The van der Waals surface area contributed by atoms with E-state index in [0.29, 0.717) is 11.9 Å². The minimum Gasteiger partial charge on any atom is -0.345 e. The first kappa shape index (κ1) is 27.9. The molecule has 8 heteroatoms. The van der Waals surface area contributed by atoms with Gasteiger partial charge in [0.15, 0.2) is 5.82 Å². The highest BCUT2D eigenvalue weighted by atomic mass is 35.5. The number of rotatable bonds is 6. The number of carbonyl (C=O) groups excluding carboxylic acids is 1. The normalized spacial score (nSPS) is 20.5. The van der Waals surface area contributed by atoms with E-state index in [9.17, 15) is 4.79 Å². The zero-order chi connectivity index (χ0) is 24.3. The number of H-pyrrole nitrogens is 1. The van der Waals surface area contributed by atoms with Gasteiger partial charge in [0.25, 0.3) is 5.91 Å². The minimum absolute atomic E-state index is 0. The number of nitrogens with zero attached hydrogens (tertiary/aromatic N) is 3. The molecule has 2 saturated heterocycles. The number of hydrogen-bond donors (Lipinski definition) is 3. The molecule has 2 aromatic carbocycles. The van der Waals surface area contributed by atoms with Crippen LogP contribution in [-0.4, -0.2) is 63.9 Å². The summed E-state index contributed by atoms with van der Waals surface area (Å²) in [7, 11) is 0. The van der Waals surface area contributed by atoms with Crippen molar-refractivity contribution in [2.75, 3.05) is 26.2 Å². The second-order valence-corrected chi connectivity index (χ2v) is 9.59. The Morgan fingerprint density at radius 2 is 1.50 bits per heavy atom. The van der Waals surface area contributed by atoms with Crippen LogP contribution in [0.2, 0.25) is 0 Å². The topological polar surface area (TPSA) is 90.3 Å². The van der Waals surface area contributed by atoms with Crippen molar-refractivity contribution in [1.82, 2.24) is 25.1 Å². The third-order valence-corrected chi connectivity index (χ3v) is 6.59. The fourth-order valence-corrected chi connectivity index (χ4v) is 4.88. The van der Waals surface area contributed by atoms with Crippen molar-refractivity contribution < 1.29 is 4.79 Å². The first-order valence-electron chi connectivity index (χ1n) is 12.7. The van der Waals surface area contributed by atoms with Gasteiger partial charge in [-0.1, -0.05) is 60.7 Å². The van der Waals surface area contributed by atoms with Gasteiger partial charge in [-0.2, -0.15) is 0 Å². The minimum atomic E-state index is -0.119. The Morgan fingerprint density at radius 1 is 0.917 bits per heavy atom. The molecule has 5 rings (SSSR count). The van der Waals surface area contributed by atoms with Gasteiger partial charge in [0, 0.05) is 50.7 Å². The number of aromatic nitrogens is 2. The maximum atomic E-state index is 12.0. The molecule has 1 aromatic heterocycles. The number of hydrogen-bond acceptors (Lipinski definition) is 5. The van der Waals surface area contributed by atoms with Crippen LogP contribution in [0.4, 0.5) is 0 Å². The van der Waals surface area contributed by atoms with Crippen LogP contribution in [0.25, 0.3) is 0 Å². The number of imidazole rings is 1. The molecule has 2 aliphatic heterocycles. The lowest BCUT2D eigenvalue weighted by Crippen LogP contribution is -2.47. The van der Waals surface area contributed by atoms with Crippen molar-refractivity contribution >= 4 is 18.3 Å². The number of nitrogens with two attached hydrogens (primary N) is 1. The summed E-state index contributed by atoms with van der Waals surface area (Å²) in [5, 5.41) is 3.06. The van der Waals surface area contributed by atoms with E-state index < -0.39 is 0 Å². The maximum Gasteiger partial charge on any atom is 0.287 e. The van der Waals surface area contributed by atoms with Gasteiger partial charge >= 0.3 is 0 Å². The van der Waals surface area contributed by atoms with Crippen LogP contribution < -0.4 is 11.1 Å². The largest absolute Gasteiger partial charge is 0.345 e. The molecule has 0 saturated carbocycles. The Morgan fingerprint density at radius 3 is 2.06 bits per heavy atom. The summed E-state index contributed by atoms with van der Waals surface area (Å²) in [6.07, 6.45) is 7.82. The molecule has 2 aliphatic rings. The predicted molar refractivity (Wildman–Crippen MR) is 147 cm³/mol. The van der Waals surface area contributed by atoms with Crippen LogP contribution in [0.5, 0.6) is 0 Å². The number of amides is 1. The molecule has 2 fully saturated rings. The molecule has 2 atom stereocenters. The zero-order valence-electron chi connectivity index (χ0n) is 20.9. The van der Waals surface area contributed by atoms with Crippen LogP contribution in [0, 0.1) is 0 Å². The number of likely N-dealkylation sites (tertiary alicyclic amines) is 2. The second kappa shape index (κ2) is 14.8. The average molecular weight is 511 g/mol. The number of carbonyl (C=O) groups is 1. The molecule has 36 heavy (non-hydrogen) atoms. The molecular formula is C28H39ClN6O. The van der Waals surface area contributed by atoms with Crippen molar-refractivity contribution in [3.63, 3.8) is 0 Å². The van der Waals surface area contributed by atoms with Gasteiger partial charge in [0.05, 0.1) is 0 Å². The molecule has 194 valence electrons. The lowest BCUT2D eigenvalue weighted by Gasteiger charge is -2.33. The predicted octanol–water partition coefficient (Wildman–Crippen LogP) is 3.84. The monoisotopic (exact) mass is 510 g/mol. The number of nitrogens with one attached hydrogen (secondary N) is 2. The second-order valence-electron chi connectivity index (χ2n) is 9.59. The maximum absolute atomic E-state index is 12.0. The Hall–Kier alpha value is -2.71. The number of piperidine rings is 2. The van der Waals surface area contributed by atoms with Crippen molar-refractivity contribution in [2.24, 2.45) is 5.73 Å². The lowest BCUT2D eigenvalue weighted by atomic mass is 10.0. The van der Waals surface area contributed by atoms with E-state index in [2.05, 4.69) is 79.7 Å². The zero-order valence-corrected chi connectivity index (χ0v) is 21.7. The summed E-state index contributed by atoms with van der Waals surface area (Å²) in [4.78, 5) is 23.7. The van der Waals surface area contributed by atoms with Gasteiger partial charge in [0.2, 0.25) is 0 Å². The van der Waals surface area contributed by atoms with Crippen LogP contribution in [0.3, 0.4) is 0 Å². The number of benzene rings is 2. The van der Waals surface area contributed by atoms with Gasteiger partial charge < -0.3 is 16.0 Å². The molecule has 0 spiro atoms. The van der Waals surface area contributed by atoms with Crippen LogP contribution in [0.15, 0.2) is 73.1 Å². The van der Waals surface area contributed by atoms with E-state index in [1.807, 2.05) is 6.07 Å². The van der Waals surface area contributed by atoms with E-state index in [0.717, 1.165) is 45.6 Å². The Kier molecular flexibility index (Phi) is 11.4. The van der Waals surface area contributed by atoms with Crippen LogP contribution in [0.1, 0.15) is 47.4 Å². The number of aromatic amines is 1. The van der Waals surface area contributed by atoms with Gasteiger partial charge in [0.1, 0.15) is 0 Å².